The number of nitro groups is 1. The number of carbonyl (C=O) groups is 1. The summed E-state index contributed by atoms with van der Waals surface area (Å²) in [5.41, 5.74) is 0.510. The van der Waals surface area contributed by atoms with E-state index >= 15 is 0 Å². The average molecular weight is 211 g/mol. The second-order valence-electron chi connectivity index (χ2n) is 3.63. The molecule has 0 aliphatic carbocycles. The number of carbonyl (C=O) groups excluding carboxylic acids is 1. The second kappa shape index (κ2) is 4.20. The molecule has 1 rings (SSSR count). The Kier molecular flexibility index (Phi) is 3.18. The minimum Gasteiger partial charge on any atom is -0.358 e. The molecule has 1 heterocycles. The lowest BCUT2D eigenvalue weighted by molar-refractivity contribution is -0.390. The Morgan fingerprint density at radius 2 is 2.33 bits per heavy atom. The maximum Gasteiger partial charge on any atom is 0.392 e. The summed E-state index contributed by atoms with van der Waals surface area (Å²) in [5.74, 6) is -0.108. The largest absolute Gasteiger partial charge is 0.392 e. The third-order valence-corrected chi connectivity index (χ3v) is 2.10. The van der Waals surface area contributed by atoms with Gasteiger partial charge in [-0.05, 0) is 25.7 Å². The number of aryl methyl sites for hydroxylation is 1. The minimum absolute atomic E-state index is 0.0401. The highest BCUT2D eigenvalue weighted by Crippen LogP contribution is 2.18. The van der Waals surface area contributed by atoms with E-state index in [1.807, 2.05) is 0 Å². The van der Waals surface area contributed by atoms with Crippen molar-refractivity contribution >= 4 is 11.6 Å². The Morgan fingerprint density at radius 3 is 2.73 bits per heavy atom. The predicted molar refractivity (Wildman–Crippen MR) is 53.6 cm³/mol. The van der Waals surface area contributed by atoms with Crippen LogP contribution < -0.4 is 0 Å². The summed E-state index contributed by atoms with van der Waals surface area (Å²) in [6.45, 7) is 4.92. The standard InChI is InChI=1S/C9H13N3O3/c1-6-5-11(7(2)4-8(3)13)10-9(6)12(14)15/h5,7H,4H2,1-3H3. The zero-order valence-corrected chi connectivity index (χ0v) is 8.93. The van der Waals surface area contributed by atoms with Gasteiger partial charge in [0.1, 0.15) is 5.78 Å². The monoisotopic (exact) mass is 211 g/mol. The highest BCUT2D eigenvalue weighted by atomic mass is 16.6. The maximum absolute atomic E-state index is 10.9. The van der Waals surface area contributed by atoms with E-state index in [1.54, 1.807) is 20.0 Å². The fourth-order valence-electron chi connectivity index (χ4n) is 1.39. The molecule has 1 aromatic heterocycles. The summed E-state index contributed by atoms with van der Waals surface area (Å²) < 4.78 is 1.47. The summed E-state index contributed by atoms with van der Waals surface area (Å²) in [6, 6.07) is -0.144. The van der Waals surface area contributed by atoms with Gasteiger partial charge in [0.15, 0.2) is 0 Å². The molecule has 82 valence electrons. The zero-order valence-electron chi connectivity index (χ0n) is 8.93. The lowest BCUT2D eigenvalue weighted by atomic mass is 10.2. The lowest BCUT2D eigenvalue weighted by Gasteiger charge is -2.04. The molecule has 0 saturated heterocycles. The van der Waals surface area contributed by atoms with E-state index in [0.29, 0.717) is 12.0 Å². The van der Waals surface area contributed by atoms with Gasteiger partial charge in [-0.15, -0.1) is 0 Å². The first-order valence-corrected chi connectivity index (χ1v) is 4.61. The van der Waals surface area contributed by atoms with Crippen LogP contribution in [0, 0.1) is 17.0 Å². The van der Waals surface area contributed by atoms with Crippen molar-refractivity contribution in [2.45, 2.75) is 33.2 Å². The molecule has 0 radical (unpaired) electrons. The zero-order chi connectivity index (χ0) is 11.6. The van der Waals surface area contributed by atoms with Gasteiger partial charge >= 0.3 is 5.82 Å². The van der Waals surface area contributed by atoms with Gasteiger partial charge in [-0.3, -0.25) is 4.79 Å². The topological polar surface area (TPSA) is 78.0 Å². The molecule has 0 fully saturated rings. The number of aromatic nitrogens is 2. The number of hydrogen-bond donors (Lipinski definition) is 0. The van der Waals surface area contributed by atoms with Crippen LogP contribution in [0.15, 0.2) is 6.20 Å². The molecule has 0 aliphatic heterocycles. The van der Waals surface area contributed by atoms with Gasteiger partial charge in [0.2, 0.25) is 0 Å². The third kappa shape index (κ3) is 2.61. The first kappa shape index (κ1) is 11.4. The van der Waals surface area contributed by atoms with Crippen molar-refractivity contribution in [3.05, 3.63) is 21.9 Å². The molecule has 1 aromatic rings. The summed E-state index contributed by atoms with van der Waals surface area (Å²) in [7, 11) is 0. The predicted octanol–water partition coefficient (Wildman–Crippen LogP) is 1.64. The summed E-state index contributed by atoms with van der Waals surface area (Å²) in [6.07, 6.45) is 1.92. The smallest absolute Gasteiger partial charge is 0.358 e. The molecule has 0 aliphatic rings. The van der Waals surface area contributed by atoms with E-state index in [9.17, 15) is 14.9 Å². The first-order chi connectivity index (χ1) is 6.91. The molecule has 0 aromatic carbocycles. The van der Waals surface area contributed by atoms with E-state index in [2.05, 4.69) is 5.10 Å². The molecule has 0 spiro atoms. The Bertz CT molecular complexity index is 397. The summed E-state index contributed by atoms with van der Waals surface area (Å²) in [5, 5.41) is 14.4. The van der Waals surface area contributed by atoms with Crippen molar-refractivity contribution in [2.75, 3.05) is 0 Å². The van der Waals surface area contributed by atoms with Crippen LogP contribution in [0.3, 0.4) is 0 Å². The van der Waals surface area contributed by atoms with Crippen LogP contribution in [0.1, 0.15) is 31.9 Å². The normalized spacial score (nSPS) is 12.5. The van der Waals surface area contributed by atoms with E-state index < -0.39 is 4.92 Å². The van der Waals surface area contributed by atoms with Gasteiger partial charge < -0.3 is 10.1 Å². The van der Waals surface area contributed by atoms with E-state index in [4.69, 9.17) is 0 Å². The van der Waals surface area contributed by atoms with E-state index in [0.717, 1.165) is 0 Å². The summed E-state index contributed by atoms with van der Waals surface area (Å²) >= 11 is 0. The van der Waals surface area contributed by atoms with Gasteiger partial charge in [-0.2, -0.15) is 4.68 Å². The highest BCUT2D eigenvalue weighted by Gasteiger charge is 2.20. The van der Waals surface area contributed by atoms with Crippen molar-refractivity contribution in [2.24, 2.45) is 0 Å². The van der Waals surface area contributed by atoms with Crippen molar-refractivity contribution in [3.63, 3.8) is 0 Å². The fourth-order valence-corrected chi connectivity index (χ4v) is 1.39. The summed E-state index contributed by atoms with van der Waals surface area (Å²) in [4.78, 5) is 20.9. The van der Waals surface area contributed by atoms with Crippen molar-refractivity contribution < 1.29 is 9.72 Å². The van der Waals surface area contributed by atoms with Gasteiger partial charge in [0.25, 0.3) is 0 Å². The molecule has 6 heteroatoms. The second-order valence-corrected chi connectivity index (χ2v) is 3.63. The van der Waals surface area contributed by atoms with Crippen molar-refractivity contribution in [1.82, 2.24) is 9.78 Å². The molecule has 1 atom stereocenters. The van der Waals surface area contributed by atoms with Crippen LogP contribution in [0.25, 0.3) is 0 Å². The minimum atomic E-state index is -0.522. The number of Topliss-reactive ketones (excluding diaryl/α,β-unsaturated/α-hetero) is 1. The van der Waals surface area contributed by atoms with Crippen LogP contribution >= 0.6 is 0 Å². The van der Waals surface area contributed by atoms with Gasteiger partial charge in [-0.1, -0.05) is 0 Å². The Morgan fingerprint density at radius 1 is 1.73 bits per heavy atom. The number of nitrogens with zero attached hydrogens (tertiary/aromatic N) is 3. The van der Waals surface area contributed by atoms with E-state index in [-0.39, 0.29) is 17.6 Å². The molecule has 15 heavy (non-hydrogen) atoms. The van der Waals surface area contributed by atoms with Crippen LogP contribution in [-0.2, 0) is 4.79 Å². The molecule has 6 nitrogen and oxygen atoms in total. The number of ketones is 1. The van der Waals surface area contributed by atoms with Crippen molar-refractivity contribution in [3.8, 4) is 0 Å². The SMILES string of the molecule is CC(=O)CC(C)n1cc(C)c([N+](=O)[O-])n1. The fraction of sp³-hybridized carbons (Fsp3) is 0.556. The van der Waals surface area contributed by atoms with Crippen LogP contribution in [0.4, 0.5) is 5.82 Å². The maximum atomic E-state index is 10.9. The average Bonchev–Trinajstić information content (AvgIpc) is 2.46. The molecule has 0 N–H and O–H groups in total. The third-order valence-electron chi connectivity index (χ3n) is 2.10. The quantitative estimate of drug-likeness (QED) is 0.560. The molecule has 0 amide bonds. The van der Waals surface area contributed by atoms with Gasteiger partial charge in [-0.25, -0.2) is 0 Å². The van der Waals surface area contributed by atoms with Gasteiger partial charge in [0.05, 0.1) is 22.9 Å². The van der Waals surface area contributed by atoms with Crippen LogP contribution in [0.2, 0.25) is 0 Å². The Balaban J connectivity index is 2.91. The van der Waals surface area contributed by atoms with E-state index in [1.165, 1.54) is 11.6 Å². The molecular weight excluding hydrogens is 198 g/mol. The van der Waals surface area contributed by atoms with Crippen LogP contribution in [-0.4, -0.2) is 20.5 Å². The Labute approximate surface area is 87.0 Å². The van der Waals surface area contributed by atoms with Gasteiger partial charge in [0, 0.05) is 6.42 Å². The number of hydrogen-bond acceptors (Lipinski definition) is 4. The lowest BCUT2D eigenvalue weighted by Crippen LogP contribution is -2.09. The first-order valence-electron chi connectivity index (χ1n) is 4.61. The van der Waals surface area contributed by atoms with Crippen molar-refractivity contribution in [1.29, 1.82) is 0 Å². The Hall–Kier alpha value is -1.72. The molecule has 1 unspecified atom stereocenters. The molecule has 0 bridgehead atoms. The molecule has 0 saturated carbocycles. The highest BCUT2D eigenvalue weighted by molar-refractivity contribution is 5.75. The molecular formula is C9H13N3O3. The number of rotatable bonds is 4. The van der Waals surface area contributed by atoms with Crippen LogP contribution in [0.5, 0.6) is 0 Å².